The summed E-state index contributed by atoms with van der Waals surface area (Å²) in [7, 11) is 0. The summed E-state index contributed by atoms with van der Waals surface area (Å²) in [5.74, 6) is -0.0927. The summed E-state index contributed by atoms with van der Waals surface area (Å²) >= 11 is 0. The molecule has 0 saturated carbocycles. The predicted octanol–water partition coefficient (Wildman–Crippen LogP) is 4.21. The van der Waals surface area contributed by atoms with Crippen molar-refractivity contribution in [2.75, 3.05) is 13.2 Å². The minimum absolute atomic E-state index is 0.202. The summed E-state index contributed by atoms with van der Waals surface area (Å²) in [5, 5.41) is 6.06. The fraction of sp³-hybridized carbons (Fsp3) is 0.208. The lowest BCUT2D eigenvalue weighted by molar-refractivity contribution is -0.145. The number of para-hydroxylation sites is 1. The number of hydrogen-bond acceptors (Lipinski definition) is 6. The first-order chi connectivity index (χ1) is 15.2. The fourth-order valence-electron chi connectivity index (χ4n) is 3.48. The molecule has 2 aromatic carbocycles. The Labute approximate surface area is 179 Å². The zero-order valence-electron chi connectivity index (χ0n) is 17.1. The number of rotatable bonds is 7. The van der Waals surface area contributed by atoms with Gasteiger partial charge in [-0.05, 0) is 30.7 Å². The van der Waals surface area contributed by atoms with E-state index in [2.05, 4.69) is 5.10 Å². The molecule has 0 spiro atoms. The van der Waals surface area contributed by atoms with Crippen molar-refractivity contribution in [3.63, 3.8) is 0 Å². The van der Waals surface area contributed by atoms with Crippen LogP contribution >= 0.6 is 0 Å². The first-order valence-electron chi connectivity index (χ1n) is 10.0. The molecule has 3 aromatic rings. The maximum atomic E-state index is 13.1. The first kappa shape index (κ1) is 20.4. The van der Waals surface area contributed by atoms with Gasteiger partial charge in [-0.2, -0.15) is 5.10 Å². The maximum absolute atomic E-state index is 13.1. The molecule has 0 fully saturated rings. The molecule has 1 aliphatic rings. The number of carbonyl (C=O) groups excluding carboxylic acids is 2. The van der Waals surface area contributed by atoms with Crippen LogP contribution in [0.2, 0.25) is 0 Å². The molecule has 1 aromatic heterocycles. The molecule has 1 atom stereocenters. The van der Waals surface area contributed by atoms with Crippen LogP contribution in [0.25, 0.3) is 0 Å². The lowest BCUT2D eigenvalue weighted by atomic mass is 9.97. The number of ether oxygens (including phenoxy) is 2. The fourth-order valence-corrected chi connectivity index (χ4v) is 3.48. The highest BCUT2D eigenvalue weighted by atomic mass is 16.6. The molecule has 1 amide bonds. The number of nitrogens with zero attached hydrogens (tertiary/aromatic N) is 2. The predicted molar refractivity (Wildman–Crippen MR) is 114 cm³/mol. The Kier molecular flexibility index (Phi) is 6.12. The van der Waals surface area contributed by atoms with Gasteiger partial charge in [-0.1, -0.05) is 48.5 Å². The number of carbonyl (C=O) groups is 2. The third-order valence-corrected chi connectivity index (χ3v) is 4.89. The van der Waals surface area contributed by atoms with E-state index >= 15 is 0 Å². The van der Waals surface area contributed by atoms with Crippen molar-refractivity contribution in [2.45, 2.75) is 19.4 Å². The summed E-state index contributed by atoms with van der Waals surface area (Å²) in [4.78, 5) is 24.9. The van der Waals surface area contributed by atoms with Crippen LogP contribution in [0, 0.1) is 0 Å². The molecule has 0 aliphatic carbocycles. The van der Waals surface area contributed by atoms with Crippen molar-refractivity contribution in [2.24, 2.45) is 5.10 Å². The van der Waals surface area contributed by atoms with Crippen molar-refractivity contribution in [1.82, 2.24) is 5.01 Å². The van der Waals surface area contributed by atoms with E-state index in [-0.39, 0.29) is 24.9 Å². The van der Waals surface area contributed by atoms with Gasteiger partial charge in [0.25, 0.3) is 0 Å². The van der Waals surface area contributed by atoms with Crippen LogP contribution in [-0.4, -0.2) is 35.8 Å². The van der Waals surface area contributed by atoms with Crippen LogP contribution in [0.4, 0.5) is 0 Å². The Hall–Kier alpha value is -3.87. The number of esters is 1. The van der Waals surface area contributed by atoms with E-state index in [0.717, 1.165) is 16.8 Å². The summed E-state index contributed by atoms with van der Waals surface area (Å²) < 4.78 is 16.0. The number of benzene rings is 2. The SMILES string of the molecule is CCOC(=O)COc1ccccc1[C@@H]1CC(c2ccccc2)=NN1C(=O)c1ccco1. The van der Waals surface area contributed by atoms with Gasteiger partial charge in [0, 0.05) is 12.0 Å². The normalized spacial score (nSPS) is 15.5. The van der Waals surface area contributed by atoms with E-state index in [1.165, 1.54) is 11.3 Å². The minimum atomic E-state index is -0.450. The lowest BCUT2D eigenvalue weighted by Crippen LogP contribution is -2.27. The zero-order valence-corrected chi connectivity index (χ0v) is 17.1. The van der Waals surface area contributed by atoms with E-state index < -0.39 is 12.0 Å². The smallest absolute Gasteiger partial charge is 0.344 e. The summed E-state index contributed by atoms with van der Waals surface area (Å²) in [5.41, 5.74) is 2.47. The molecule has 7 nitrogen and oxygen atoms in total. The highest BCUT2D eigenvalue weighted by Gasteiger charge is 2.36. The molecule has 31 heavy (non-hydrogen) atoms. The number of furan rings is 1. The third kappa shape index (κ3) is 4.50. The monoisotopic (exact) mass is 418 g/mol. The second-order valence-corrected chi connectivity index (χ2v) is 6.89. The molecule has 1 aliphatic heterocycles. The molecule has 0 saturated heterocycles. The molecular formula is C24H22N2O5. The largest absolute Gasteiger partial charge is 0.482 e. The van der Waals surface area contributed by atoms with Crippen LogP contribution in [-0.2, 0) is 9.53 Å². The van der Waals surface area contributed by atoms with Crippen LogP contribution < -0.4 is 4.74 Å². The van der Waals surface area contributed by atoms with Crippen molar-refractivity contribution in [1.29, 1.82) is 0 Å². The summed E-state index contributed by atoms with van der Waals surface area (Å²) in [6.45, 7) is 1.81. The molecular weight excluding hydrogens is 396 g/mol. The Morgan fingerprint density at radius 1 is 1.06 bits per heavy atom. The molecule has 0 N–H and O–H groups in total. The molecule has 4 rings (SSSR count). The van der Waals surface area contributed by atoms with Crippen LogP contribution in [0.5, 0.6) is 5.75 Å². The third-order valence-electron chi connectivity index (χ3n) is 4.89. The minimum Gasteiger partial charge on any atom is -0.482 e. The molecule has 2 heterocycles. The summed E-state index contributed by atoms with van der Waals surface area (Å²) in [6.07, 6.45) is 1.95. The first-order valence-corrected chi connectivity index (χ1v) is 10.0. The van der Waals surface area contributed by atoms with E-state index in [1.54, 1.807) is 25.1 Å². The topological polar surface area (TPSA) is 81.3 Å². The van der Waals surface area contributed by atoms with Crippen molar-refractivity contribution < 1.29 is 23.5 Å². The van der Waals surface area contributed by atoms with E-state index in [4.69, 9.17) is 13.9 Å². The van der Waals surface area contributed by atoms with Crippen molar-refractivity contribution in [3.05, 3.63) is 89.9 Å². The number of hydrogen-bond donors (Lipinski definition) is 0. The van der Waals surface area contributed by atoms with Crippen molar-refractivity contribution in [3.8, 4) is 5.75 Å². The molecule has 0 bridgehead atoms. The molecule has 0 radical (unpaired) electrons. The van der Waals surface area contributed by atoms with Crippen molar-refractivity contribution >= 4 is 17.6 Å². The van der Waals surface area contributed by atoms with Gasteiger partial charge in [0.05, 0.1) is 24.6 Å². The molecule has 158 valence electrons. The van der Waals surface area contributed by atoms with E-state index in [0.29, 0.717) is 12.2 Å². The van der Waals surface area contributed by atoms with Gasteiger partial charge in [0.15, 0.2) is 12.4 Å². The second kappa shape index (κ2) is 9.30. The van der Waals surface area contributed by atoms with Crippen LogP contribution in [0.1, 0.15) is 41.1 Å². The Morgan fingerprint density at radius 3 is 2.58 bits per heavy atom. The van der Waals surface area contributed by atoms with Gasteiger partial charge in [0.1, 0.15) is 5.75 Å². The lowest BCUT2D eigenvalue weighted by Gasteiger charge is -2.23. The number of hydrazone groups is 1. The standard InChI is InChI=1S/C24H22N2O5/c1-2-29-23(27)16-31-21-12-7-6-11-18(21)20-15-19(17-9-4-3-5-10-17)25-26(20)24(28)22-13-8-14-30-22/h3-14,20H,2,15-16H2,1H3/t20-/m0/s1. The van der Waals surface area contributed by atoms with E-state index in [1.807, 2.05) is 48.5 Å². The van der Waals surface area contributed by atoms with Gasteiger partial charge < -0.3 is 13.9 Å². The molecule has 0 unspecified atom stereocenters. The Bertz CT molecular complexity index is 1080. The van der Waals surface area contributed by atoms with Crippen LogP contribution in [0.15, 0.2) is 82.5 Å². The quantitative estimate of drug-likeness (QED) is 0.537. The second-order valence-electron chi connectivity index (χ2n) is 6.89. The maximum Gasteiger partial charge on any atom is 0.344 e. The number of amides is 1. The van der Waals surface area contributed by atoms with E-state index in [9.17, 15) is 9.59 Å². The van der Waals surface area contributed by atoms with Gasteiger partial charge in [0.2, 0.25) is 0 Å². The zero-order chi connectivity index (χ0) is 21.6. The Morgan fingerprint density at radius 2 is 1.84 bits per heavy atom. The van der Waals surface area contributed by atoms with Gasteiger partial charge in [-0.15, -0.1) is 0 Å². The highest BCUT2D eigenvalue weighted by molar-refractivity contribution is 6.04. The highest BCUT2D eigenvalue weighted by Crippen LogP contribution is 2.38. The Balaban J connectivity index is 1.66. The van der Waals surface area contributed by atoms with Gasteiger partial charge >= 0.3 is 11.9 Å². The molecule has 7 heteroatoms. The van der Waals surface area contributed by atoms with Gasteiger partial charge in [-0.25, -0.2) is 9.80 Å². The van der Waals surface area contributed by atoms with Gasteiger partial charge in [-0.3, -0.25) is 4.79 Å². The van der Waals surface area contributed by atoms with Crippen LogP contribution in [0.3, 0.4) is 0 Å². The average molecular weight is 418 g/mol. The average Bonchev–Trinajstić information content (AvgIpc) is 3.49. The summed E-state index contributed by atoms with van der Waals surface area (Å²) in [6, 6.07) is 19.9.